The van der Waals surface area contributed by atoms with Crippen LogP contribution in [0.1, 0.15) is 117 Å². The van der Waals surface area contributed by atoms with Gasteiger partial charge in [-0.3, -0.25) is 4.79 Å². The van der Waals surface area contributed by atoms with E-state index in [1.165, 1.54) is 76.0 Å². The van der Waals surface area contributed by atoms with Crippen molar-refractivity contribution in [3.8, 4) is 0 Å². The number of thioether (sulfide) groups is 1. The molecule has 0 aromatic heterocycles. The van der Waals surface area contributed by atoms with E-state index in [2.05, 4.69) is 36.1 Å². The summed E-state index contributed by atoms with van der Waals surface area (Å²) in [6, 6.07) is -0.789. The number of amides is 3. The van der Waals surface area contributed by atoms with E-state index in [1.54, 1.807) is 0 Å². The third-order valence-corrected chi connectivity index (χ3v) is 10.2. The molecule has 0 bridgehead atoms. The molecule has 314 valence electrons. The predicted molar refractivity (Wildman–Crippen MR) is 217 cm³/mol. The minimum Gasteiger partial charge on any atom is -0.446 e. The topological polar surface area (TPSA) is 200 Å². The van der Waals surface area contributed by atoms with Gasteiger partial charge in [0.25, 0.3) is 0 Å². The van der Waals surface area contributed by atoms with Gasteiger partial charge in [0.15, 0.2) is 0 Å². The van der Waals surface area contributed by atoms with Crippen molar-refractivity contribution < 1.29 is 47.9 Å². The summed E-state index contributed by atoms with van der Waals surface area (Å²) in [6.07, 6.45) is 20.3. The van der Waals surface area contributed by atoms with Crippen molar-refractivity contribution in [1.82, 2.24) is 16.0 Å². The largest absolute Gasteiger partial charge is 0.446 e. The van der Waals surface area contributed by atoms with E-state index in [0.717, 1.165) is 38.5 Å². The minimum absolute atomic E-state index is 0.108. The maximum absolute atomic E-state index is 12.5. The van der Waals surface area contributed by atoms with Gasteiger partial charge < -0.3 is 55.2 Å². The molecule has 0 radical (unpaired) electrons. The first-order valence-electron chi connectivity index (χ1n) is 20.0. The Balaban J connectivity index is 4.38. The number of nitrogens with two attached hydrogens (primary N) is 1. The van der Waals surface area contributed by atoms with Crippen molar-refractivity contribution in [3.63, 3.8) is 0 Å². The lowest BCUT2D eigenvalue weighted by atomic mass is 10.1. The number of alkyl carbamates (subject to hydrolysis) is 2. The zero-order chi connectivity index (χ0) is 39.3. The van der Waals surface area contributed by atoms with Crippen LogP contribution in [0.25, 0.3) is 0 Å². The Morgan fingerprint density at radius 2 is 1.11 bits per heavy atom. The van der Waals surface area contributed by atoms with Gasteiger partial charge in [-0.2, -0.15) is 11.8 Å². The fraction of sp³-hybridized carbons (Fsp3) is 0.892. The molecule has 0 aliphatic carbocycles. The fourth-order valence-corrected chi connectivity index (χ4v) is 6.35. The van der Waals surface area contributed by atoms with Crippen LogP contribution in [0.5, 0.6) is 0 Å². The number of hydrogen-bond donors (Lipinski definition) is 6. The lowest BCUT2D eigenvalue weighted by Crippen LogP contribution is -2.43. The summed E-state index contributed by atoms with van der Waals surface area (Å²) in [5.41, 5.74) is 6.09. The molecule has 3 amide bonds. The van der Waals surface area contributed by atoms with Crippen molar-refractivity contribution >= 4 is 43.5 Å². The Hall–Kier alpha value is -1.58. The third-order valence-electron chi connectivity index (χ3n) is 8.09. The number of nitrogens with one attached hydrogen (secondary N) is 3. The maximum Gasteiger partial charge on any atom is 0.407 e. The van der Waals surface area contributed by atoms with Gasteiger partial charge in [-0.05, 0) is 12.8 Å². The van der Waals surface area contributed by atoms with Gasteiger partial charge in [-0.25, -0.2) is 9.59 Å². The molecule has 0 saturated heterocycles. The first kappa shape index (κ1) is 51.4. The molecule has 0 unspecified atom stereocenters. The summed E-state index contributed by atoms with van der Waals surface area (Å²) in [4.78, 5) is 55.8. The highest BCUT2D eigenvalue weighted by Gasteiger charge is 2.20. The van der Waals surface area contributed by atoms with Gasteiger partial charge in [-0.15, -0.1) is 0 Å². The molecule has 7 N–H and O–H groups in total. The molecule has 16 heteroatoms. The fourth-order valence-electron chi connectivity index (χ4n) is 4.96. The molecule has 0 aromatic rings. The van der Waals surface area contributed by atoms with Crippen LogP contribution in [0, 0.1) is 0 Å². The van der Waals surface area contributed by atoms with Gasteiger partial charge >= 0.3 is 12.2 Å². The molecule has 0 aromatic carbocycles. The van der Waals surface area contributed by atoms with Crippen molar-refractivity contribution in [3.05, 3.63) is 0 Å². The molecule has 0 aliphatic heterocycles. The molecule has 0 saturated carbocycles. The molecule has 0 aliphatic rings. The second-order valence-corrected chi connectivity index (χ2v) is 16.6. The molecule has 14 nitrogen and oxygen atoms in total. The smallest absolute Gasteiger partial charge is 0.407 e. The molecule has 0 fully saturated rings. The van der Waals surface area contributed by atoms with Crippen LogP contribution in [-0.2, 0) is 28.5 Å². The van der Waals surface area contributed by atoms with Gasteiger partial charge in [-0.1, -0.05) is 110 Å². The van der Waals surface area contributed by atoms with Crippen LogP contribution >= 0.6 is 19.1 Å². The van der Waals surface area contributed by atoms with Crippen molar-refractivity contribution in [2.45, 2.75) is 129 Å². The highest BCUT2D eigenvalue weighted by atomic mass is 32.2. The van der Waals surface area contributed by atoms with Crippen LogP contribution < -0.4 is 21.7 Å². The lowest BCUT2D eigenvalue weighted by Gasteiger charge is -2.19. The average Bonchev–Trinajstić information content (AvgIpc) is 3.12. The van der Waals surface area contributed by atoms with E-state index in [4.69, 9.17) is 29.4 Å². The monoisotopic (exact) mass is 798 g/mol. The van der Waals surface area contributed by atoms with Crippen molar-refractivity contribution in [1.29, 1.82) is 0 Å². The van der Waals surface area contributed by atoms with E-state index in [1.807, 2.05) is 0 Å². The Bertz CT molecular complexity index is 934. The molecular weight excluding hydrogens is 723 g/mol. The van der Waals surface area contributed by atoms with Crippen molar-refractivity contribution in [2.24, 2.45) is 5.73 Å². The average molecular weight is 799 g/mol. The number of carbonyl (C=O) groups is 3. The Kier molecular flexibility index (Phi) is 36.2. The zero-order valence-corrected chi connectivity index (χ0v) is 34.7. The lowest BCUT2D eigenvalue weighted by molar-refractivity contribution is -0.122. The van der Waals surface area contributed by atoms with Crippen LogP contribution in [0.3, 0.4) is 0 Å². The van der Waals surface area contributed by atoms with Crippen LogP contribution in [0.15, 0.2) is 0 Å². The van der Waals surface area contributed by atoms with Crippen molar-refractivity contribution in [2.75, 3.05) is 83.6 Å². The van der Waals surface area contributed by atoms with Crippen LogP contribution in [-0.4, -0.2) is 130 Å². The third kappa shape index (κ3) is 38.5. The Morgan fingerprint density at radius 1 is 0.642 bits per heavy atom. The first-order valence-corrected chi connectivity index (χ1v) is 23.2. The summed E-state index contributed by atoms with van der Waals surface area (Å²) >= 11 is 1.34. The first-order chi connectivity index (χ1) is 25.6. The van der Waals surface area contributed by atoms with Crippen LogP contribution in [0.2, 0.25) is 0 Å². The summed E-state index contributed by atoms with van der Waals surface area (Å²) in [6.45, 7) is 7.50. The van der Waals surface area contributed by atoms with E-state index in [-0.39, 0.29) is 44.2 Å². The highest BCUT2D eigenvalue weighted by molar-refractivity contribution is 7.99. The number of ether oxygens (including phenoxy) is 5. The molecule has 0 spiro atoms. The maximum atomic E-state index is 12.5. The second kappa shape index (κ2) is 37.3. The summed E-state index contributed by atoms with van der Waals surface area (Å²) in [5.74, 6) is 0.249. The predicted octanol–water partition coefficient (Wildman–Crippen LogP) is 5.58. The molecule has 2 atom stereocenters. The van der Waals surface area contributed by atoms with Gasteiger partial charge in [0.1, 0.15) is 20.1 Å². The van der Waals surface area contributed by atoms with Gasteiger partial charge in [0.05, 0.1) is 45.7 Å². The summed E-state index contributed by atoms with van der Waals surface area (Å²) in [5, 5.41) is 8.33. The molecule has 53 heavy (non-hydrogen) atoms. The Labute approximate surface area is 324 Å². The second-order valence-electron chi connectivity index (χ2n) is 13.3. The van der Waals surface area contributed by atoms with E-state index in [0.29, 0.717) is 45.3 Å². The number of hydrogen-bond acceptors (Lipinski definition) is 12. The quantitative estimate of drug-likeness (QED) is 0.0335. The molecular formula is C37H75N4O10PS. The molecule has 0 rings (SSSR count). The summed E-state index contributed by atoms with van der Waals surface area (Å²) in [7, 11) is -3.05. The van der Waals surface area contributed by atoms with Gasteiger partial charge in [0.2, 0.25) is 5.91 Å². The standard InChI is InChI=1S/C37H75N4O10PS/c1-4-6-8-10-12-14-16-18-20-40-36(43)50-30-33(51-37(44)41-21-19-17-15-13-11-9-7-5-2)31-53-32-34(38)35(42)39-22-23-47-24-25-48-26-27-49-28-29-52(3,45)46/h33-34,45-46H,3-32,38H2,1-2H3,(H,39,42)(H,40,43)(H,41,44)/t33-,34+/m1/s1. The number of carbonyl (C=O) groups excluding carboxylic acids is 3. The Morgan fingerprint density at radius 3 is 1.64 bits per heavy atom. The van der Waals surface area contributed by atoms with E-state index >= 15 is 0 Å². The van der Waals surface area contributed by atoms with E-state index in [9.17, 15) is 24.2 Å². The van der Waals surface area contributed by atoms with Crippen LogP contribution in [0.4, 0.5) is 9.59 Å². The van der Waals surface area contributed by atoms with Gasteiger partial charge in [0, 0.05) is 37.3 Å². The normalized spacial score (nSPS) is 12.6. The minimum atomic E-state index is -3.05. The summed E-state index contributed by atoms with van der Waals surface area (Å²) < 4.78 is 27.1. The zero-order valence-electron chi connectivity index (χ0n) is 33.0. The van der Waals surface area contributed by atoms with E-state index < -0.39 is 31.7 Å². The highest BCUT2D eigenvalue weighted by Crippen LogP contribution is 2.32. The molecule has 0 heterocycles. The number of rotatable bonds is 38. The SMILES string of the molecule is C=P(O)(O)CCOCCOCCOCCNC(=O)[C@@H](N)CSC[C@@H](COC(=O)NCCCCCCCCCC)OC(=O)NCCCCCCCCCC. The number of unbranched alkanes of at least 4 members (excludes halogenated alkanes) is 14.